The standard InChI is InChI=1S/C6H12BrO/c1-2-8-6-4-3-5-7/h1-6H2. The summed E-state index contributed by atoms with van der Waals surface area (Å²) in [6.07, 6.45) is 2.33. The lowest BCUT2D eigenvalue weighted by molar-refractivity contribution is 0.158. The van der Waals surface area contributed by atoms with E-state index in [1.165, 1.54) is 6.42 Å². The maximum absolute atomic E-state index is 5.00. The fraction of sp³-hybridized carbons (Fsp3) is 0.833. The van der Waals surface area contributed by atoms with E-state index in [9.17, 15) is 0 Å². The molecule has 0 saturated carbocycles. The average Bonchev–Trinajstić information content (AvgIpc) is 1.81. The highest BCUT2D eigenvalue weighted by Crippen LogP contribution is 1.93. The molecule has 0 unspecified atom stereocenters. The van der Waals surface area contributed by atoms with Crippen molar-refractivity contribution in [2.45, 2.75) is 12.8 Å². The minimum absolute atomic E-state index is 0.599. The normalized spacial score (nSPS) is 9.75. The average molecular weight is 180 g/mol. The highest BCUT2D eigenvalue weighted by Gasteiger charge is 1.83. The number of halogens is 1. The zero-order chi connectivity index (χ0) is 6.24. The molecule has 49 valence electrons. The Morgan fingerprint density at radius 2 is 2.12 bits per heavy atom. The molecule has 1 radical (unpaired) electrons. The lowest BCUT2D eigenvalue weighted by Gasteiger charge is -1.96. The van der Waals surface area contributed by atoms with Crippen LogP contribution in [0.15, 0.2) is 0 Å². The van der Waals surface area contributed by atoms with Crippen molar-refractivity contribution in [2.24, 2.45) is 0 Å². The summed E-state index contributed by atoms with van der Waals surface area (Å²) < 4.78 is 5.00. The van der Waals surface area contributed by atoms with Crippen molar-refractivity contribution < 1.29 is 4.74 Å². The third kappa shape index (κ3) is 6.44. The highest BCUT2D eigenvalue weighted by molar-refractivity contribution is 9.09. The summed E-state index contributed by atoms with van der Waals surface area (Å²) >= 11 is 3.33. The first-order valence-corrected chi connectivity index (χ1v) is 3.97. The van der Waals surface area contributed by atoms with Crippen LogP contribution >= 0.6 is 15.9 Å². The summed E-state index contributed by atoms with van der Waals surface area (Å²) in [5.74, 6) is 0. The molecule has 0 rings (SSSR count). The Hall–Kier alpha value is 0.440. The second-order valence-corrected chi connectivity index (χ2v) is 2.30. The number of ether oxygens (including phenoxy) is 1. The SMILES string of the molecule is [CH2]COCCCCBr. The van der Waals surface area contributed by atoms with Gasteiger partial charge in [0.25, 0.3) is 0 Å². The zero-order valence-electron chi connectivity index (χ0n) is 5.03. The van der Waals surface area contributed by atoms with E-state index in [0.29, 0.717) is 6.61 Å². The fourth-order valence-electron chi connectivity index (χ4n) is 0.401. The van der Waals surface area contributed by atoms with Crippen LogP contribution in [0, 0.1) is 6.92 Å². The van der Waals surface area contributed by atoms with Crippen molar-refractivity contribution in [2.75, 3.05) is 18.5 Å². The van der Waals surface area contributed by atoms with Crippen LogP contribution in [0.3, 0.4) is 0 Å². The van der Waals surface area contributed by atoms with Crippen molar-refractivity contribution in [3.63, 3.8) is 0 Å². The number of hydrogen-bond acceptors (Lipinski definition) is 1. The molecule has 0 spiro atoms. The van der Waals surface area contributed by atoms with Gasteiger partial charge in [-0.2, -0.15) is 0 Å². The summed E-state index contributed by atoms with van der Waals surface area (Å²) in [5.41, 5.74) is 0. The molecule has 0 fully saturated rings. The molecule has 8 heavy (non-hydrogen) atoms. The van der Waals surface area contributed by atoms with E-state index in [2.05, 4.69) is 22.9 Å². The number of alkyl halides is 1. The van der Waals surface area contributed by atoms with Crippen LogP contribution in [-0.2, 0) is 4.74 Å². The van der Waals surface area contributed by atoms with Crippen LogP contribution in [0.25, 0.3) is 0 Å². The molecule has 0 aromatic rings. The number of hydrogen-bond donors (Lipinski definition) is 0. The summed E-state index contributed by atoms with van der Waals surface area (Å²) in [7, 11) is 0. The summed E-state index contributed by atoms with van der Waals surface area (Å²) in [4.78, 5) is 0. The van der Waals surface area contributed by atoms with Crippen LogP contribution in [0.1, 0.15) is 12.8 Å². The molecule has 0 N–H and O–H groups in total. The van der Waals surface area contributed by atoms with Gasteiger partial charge in [-0.05, 0) is 19.8 Å². The van der Waals surface area contributed by atoms with E-state index in [-0.39, 0.29) is 0 Å². The van der Waals surface area contributed by atoms with Gasteiger partial charge in [0.2, 0.25) is 0 Å². The van der Waals surface area contributed by atoms with Crippen molar-refractivity contribution in [3.05, 3.63) is 6.92 Å². The van der Waals surface area contributed by atoms with Crippen LogP contribution in [0.4, 0.5) is 0 Å². The molecule has 0 amide bonds. The Labute approximate surface area is 59.5 Å². The summed E-state index contributed by atoms with van der Waals surface area (Å²) in [6.45, 7) is 5.01. The van der Waals surface area contributed by atoms with Crippen molar-refractivity contribution in [1.29, 1.82) is 0 Å². The second kappa shape index (κ2) is 7.44. The lowest BCUT2D eigenvalue weighted by Crippen LogP contribution is -1.92. The maximum atomic E-state index is 5.00. The first-order valence-electron chi connectivity index (χ1n) is 2.84. The minimum atomic E-state index is 0.599. The van der Waals surface area contributed by atoms with Crippen LogP contribution in [0.5, 0.6) is 0 Å². The van der Waals surface area contributed by atoms with Crippen molar-refractivity contribution >= 4 is 15.9 Å². The molecule has 0 aliphatic heterocycles. The van der Waals surface area contributed by atoms with Gasteiger partial charge in [-0.25, -0.2) is 0 Å². The van der Waals surface area contributed by atoms with Gasteiger partial charge in [0.15, 0.2) is 0 Å². The van der Waals surface area contributed by atoms with Gasteiger partial charge in [-0.3, -0.25) is 0 Å². The fourth-order valence-corrected chi connectivity index (χ4v) is 0.797. The molecular formula is C6H12BrO. The Morgan fingerprint density at radius 1 is 1.38 bits per heavy atom. The first-order chi connectivity index (χ1) is 3.91. The third-order valence-corrected chi connectivity index (χ3v) is 1.38. The van der Waals surface area contributed by atoms with Crippen LogP contribution in [0.2, 0.25) is 0 Å². The smallest absolute Gasteiger partial charge is 0.0466 e. The largest absolute Gasteiger partial charge is 0.381 e. The zero-order valence-corrected chi connectivity index (χ0v) is 6.61. The van der Waals surface area contributed by atoms with Gasteiger partial charge in [-0.15, -0.1) is 0 Å². The van der Waals surface area contributed by atoms with E-state index >= 15 is 0 Å². The van der Waals surface area contributed by atoms with Crippen LogP contribution < -0.4 is 0 Å². The van der Waals surface area contributed by atoms with Gasteiger partial charge in [0.05, 0.1) is 0 Å². The van der Waals surface area contributed by atoms with Crippen molar-refractivity contribution in [1.82, 2.24) is 0 Å². The van der Waals surface area contributed by atoms with Gasteiger partial charge in [0.1, 0.15) is 0 Å². The number of rotatable bonds is 5. The third-order valence-electron chi connectivity index (χ3n) is 0.817. The molecule has 1 nitrogen and oxygen atoms in total. The highest BCUT2D eigenvalue weighted by atomic mass is 79.9. The summed E-state index contributed by atoms with van der Waals surface area (Å²) in [5, 5.41) is 1.08. The molecular weight excluding hydrogens is 168 g/mol. The Morgan fingerprint density at radius 3 is 2.62 bits per heavy atom. The van der Waals surface area contributed by atoms with E-state index in [0.717, 1.165) is 18.4 Å². The molecule has 0 bridgehead atoms. The summed E-state index contributed by atoms with van der Waals surface area (Å²) in [6, 6.07) is 0. The van der Waals surface area contributed by atoms with Crippen LogP contribution in [-0.4, -0.2) is 18.5 Å². The van der Waals surface area contributed by atoms with Gasteiger partial charge in [-0.1, -0.05) is 15.9 Å². The molecule has 0 aliphatic carbocycles. The molecule has 2 heteroatoms. The predicted molar refractivity (Wildman–Crippen MR) is 39.2 cm³/mol. The van der Waals surface area contributed by atoms with Gasteiger partial charge < -0.3 is 4.74 Å². The Bertz CT molecular complexity index is 33.5. The predicted octanol–water partition coefficient (Wildman–Crippen LogP) is 2.01. The van der Waals surface area contributed by atoms with Gasteiger partial charge in [0, 0.05) is 18.5 Å². The van der Waals surface area contributed by atoms with E-state index in [4.69, 9.17) is 4.74 Å². The molecule has 0 aromatic heterocycles. The molecule has 0 heterocycles. The molecule has 0 atom stereocenters. The topological polar surface area (TPSA) is 9.23 Å². The lowest BCUT2D eigenvalue weighted by atomic mass is 10.4. The first kappa shape index (κ1) is 8.44. The maximum Gasteiger partial charge on any atom is 0.0466 e. The van der Waals surface area contributed by atoms with E-state index in [1.54, 1.807) is 0 Å². The quantitative estimate of drug-likeness (QED) is 0.464. The molecule has 0 saturated heterocycles. The van der Waals surface area contributed by atoms with E-state index in [1.807, 2.05) is 0 Å². The molecule has 0 aliphatic rings. The second-order valence-electron chi connectivity index (χ2n) is 1.51. The Balaban J connectivity index is 2.53. The van der Waals surface area contributed by atoms with Gasteiger partial charge >= 0.3 is 0 Å². The van der Waals surface area contributed by atoms with E-state index < -0.39 is 0 Å². The van der Waals surface area contributed by atoms with Crippen molar-refractivity contribution in [3.8, 4) is 0 Å². The number of unbranched alkanes of at least 4 members (excludes halogenated alkanes) is 1. The molecule has 0 aromatic carbocycles. The Kier molecular flexibility index (Phi) is 7.85. The minimum Gasteiger partial charge on any atom is -0.381 e. The monoisotopic (exact) mass is 179 g/mol.